The predicted octanol–water partition coefficient (Wildman–Crippen LogP) is 3.50. The Morgan fingerprint density at radius 2 is 2.28 bits per heavy atom. The molecule has 0 fully saturated rings. The maximum atomic E-state index is 12.6. The molecule has 0 saturated heterocycles. The van der Waals surface area contributed by atoms with Crippen LogP contribution in [0.2, 0.25) is 0 Å². The fourth-order valence-corrected chi connectivity index (χ4v) is 4.61. The van der Waals surface area contributed by atoms with Gasteiger partial charge >= 0.3 is 0 Å². The van der Waals surface area contributed by atoms with Crippen molar-refractivity contribution in [2.45, 2.75) is 30.4 Å². The Labute approximate surface area is 157 Å². The van der Waals surface area contributed by atoms with Gasteiger partial charge in [0.25, 0.3) is 5.56 Å². The number of nitrogens with one attached hydrogen (secondary N) is 1. The first-order valence-electron chi connectivity index (χ1n) is 7.66. The fourth-order valence-electron chi connectivity index (χ4n) is 2.25. The zero-order valence-electron chi connectivity index (χ0n) is 13.6. The Morgan fingerprint density at radius 3 is 3.00 bits per heavy atom. The first kappa shape index (κ1) is 17.9. The van der Waals surface area contributed by atoms with Crippen molar-refractivity contribution in [2.24, 2.45) is 0 Å². The number of allylic oxidation sites excluding steroid dienone is 1. The summed E-state index contributed by atoms with van der Waals surface area (Å²) in [5.41, 5.74) is 0.581. The van der Waals surface area contributed by atoms with Crippen LogP contribution in [0, 0.1) is 0 Å². The van der Waals surface area contributed by atoms with Gasteiger partial charge in [-0.1, -0.05) is 23.9 Å². The van der Waals surface area contributed by atoms with Gasteiger partial charge in [-0.25, -0.2) is 4.98 Å². The van der Waals surface area contributed by atoms with E-state index >= 15 is 0 Å². The summed E-state index contributed by atoms with van der Waals surface area (Å²) in [5.74, 6) is -0.0804. The lowest BCUT2D eigenvalue weighted by Gasteiger charge is -2.14. The molecule has 130 valence electrons. The van der Waals surface area contributed by atoms with Crippen molar-refractivity contribution in [2.75, 3.05) is 0 Å². The summed E-state index contributed by atoms with van der Waals surface area (Å²) in [5, 5.41) is 6.93. The Bertz CT molecular complexity index is 944. The Kier molecular flexibility index (Phi) is 5.72. The van der Waals surface area contributed by atoms with E-state index in [1.54, 1.807) is 22.0 Å². The number of nitrogens with zero attached hydrogens (tertiary/aromatic N) is 2. The normalized spacial score (nSPS) is 12.2. The van der Waals surface area contributed by atoms with Crippen LogP contribution in [0.25, 0.3) is 10.2 Å². The highest BCUT2D eigenvalue weighted by atomic mass is 32.2. The second-order valence-corrected chi connectivity index (χ2v) is 8.55. The van der Waals surface area contributed by atoms with Gasteiger partial charge in [-0.3, -0.25) is 14.2 Å². The number of hydrogen-bond donors (Lipinski definition) is 1. The monoisotopic (exact) mass is 391 g/mol. The summed E-state index contributed by atoms with van der Waals surface area (Å²) >= 11 is 4.27. The third-order valence-corrected chi connectivity index (χ3v) is 6.37. The van der Waals surface area contributed by atoms with Crippen molar-refractivity contribution >= 4 is 50.6 Å². The van der Waals surface area contributed by atoms with Crippen molar-refractivity contribution in [3.63, 3.8) is 0 Å². The highest BCUT2D eigenvalue weighted by Gasteiger charge is 2.19. The maximum absolute atomic E-state index is 12.6. The van der Waals surface area contributed by atoms with Gasteiger partial charge in [-0.2, -0.15) is 0 Å². The van der Waals surface area contributed by atoms with E-state index in [9.17, 15) is 9.59 Å². The molecular weight excluding hydrogens is 374 g/mol. The van der Waals surface area contributed by atoms with Crippen molar-refractivity contribution in [1.29, 1.82) is 0 Å². The zero-order valence-corrected chi connectivity index (χ0v) is 16.0. The lowest BCUT2D eigenvalue weighted by atomic mass is 10.4. The van der Waals surface area contributed by atoms with Crippen LogP contribution in [0.4, 0.5) is 0 Å². The molecule has 3 aromatic heterocycles. The van der Waals surface area contributed by atoms with Gasteiger partial charge in [-0.05, 0) is 29.8 Å². The molecule has 8 heteroatoms. The average Bonchev–Trinajstić information content (AvgIpc) is 3.27. The molecule has 3 aromatic rings. The van der Waals surface area contributed by atoms with Crippen LogP contribution >= 0.6 is 34.4 Å². The maximum Gasteiger partial charge on any atom is 0.272 e. The molecule has 3 rings (SSSR count). The predicted molar refractivity (Wildman–Crippen MR) is 106 cm³/mol. The van der Waals surface area contributed by atoms with Crippen LogP contribution < -0.4 is 10.9 Å². The van der Waals surface area contributed by atoms with E-state index in [0.717, 1.165) is 4.88 Å². The molecule has 0 spiro atoms. The van der Waals surface area contributed by atoms with Gasteiger partial charge in [0.2, 0.25) is 5.91 Å². The Balaban J connectivity index is 1.78. The molecule has 0 saturated carbocycles. The summed E-state index contributed by atoms with van der Waals surface area (Å²) in [7, 11) is 0. The van der Waals surface area contributed by atoms with Gasteiger partial charge in [0, 0.05) is 11.4 Å². The van der Waals surface area contributed by atoms with Crippen LogP contribution in [-0.2, 0) is 17.9 Å². The minimum Gasteiger partial charge on any atom is -0.350 e. The first-order chi connectivity index (χ1) is 12.1. The van der Waals surface area contributed by atoms with Gasteiger partial charge in [0.1, 0.15) is 4.70 Å². The van der Waals surface area contributed by atoms with E-state index < -0.39 is 0 Å². The van der Waals surface area contributed by atoms with Crippen molar-refractivity contribution < 1.29 is 4.79 Å². The number of carbonyl (C=O) groups excluding carboxylic acids is 1. The second kappa shape index (κ2) is 7.99. The fraction of sp³-hybridized carbons (Fsp3) is 0.235. The molecule has 0 aliphatic heterocycles. The molecule has 1 N–H and O–H groups in total. The molecule has 3 heterocycles. The average molecular weight is 392 g/mol. The summed E-state index contributed by atoms with van der Waals surface area (Å²) in [4.78, 5) is 30.6. The lowest BCUT2D eigenvalue weighted by Crippen LogP contribution is -2.31. The highest BCUT2D eigenvalue weighted by Crippen LogP contribution is 2.24. The summed E-state index contributed by atoms with van der Waals surface area (Å²) in [6.07, 6.45) is 1.66. The third-order valence-electron chi connectivity index (χ3n) is 3.51. The molecule has 0 bridgehead atoms. The molecule has 5 nitrogen and oxygen atoms in total. The SMILES string of the molecule is C=CCn1c(SC(C)C(=O)NCc2cccs2)nc2ccsc2c1=O. The Morgan fingerprint density at radius 1 is 1.44 bits per heavy atom. The summed E-state index contributed by atoms with van der Waals surface area (Å²) in [6.45, 7) is 6.40. The number of hydrogen-bond acceptors (Lipinski definition) is 6. The molecule has 1 atom stereocenters. The second-order valence-electron chi connectivity index (χ2n) is 5.29. The van der Waals surface area contributed by atoms with Crippen molar-refractivity contribution in [3.8, 4) is 0 Å². The van der Waals surface area contributed by atoms with E-state index in [1.165, 1.54) is 23.1 Å². The zero-order chi connectivity index (χ0) is 17.8. The summed E-state index contributed by atoms with van der Waals surface area (Å²) < 4.78 is 2.19. The van der Waals surface area contributed by atoms with E-state index in [1.807, 2.05) is 35.9 Å². The smallest absolute Gasteiger partial charge is 0.272 e. The number of thiophene rings is 2. The van der Waals surface area contributed by atoms with Crippen molar-refractivity contribution in [3.05, 3.63) is 56.8 Å². The third kappa shape index (κ3) is 4.02. The number of amides is 1. The number of thioether (sulfide) groups is 1. The molecule has 0 radical (unpaired) electrons. The number of fused-ring (bicyclic) bond motifs is 1. The lowest BCUT2D eigenvalue weighted by molar-refractivity contribution is -0.120. The molecule has 0 aliphatic carbocycles. The molecule has 1 amide bonds. The van der Waals surface area contributed by atoms with E-state index in [0.29, 0.717) is 28.5 Å². The van der Waals surface area contributed by atoms with Crippen molar-refractivity contribution in [1.82, 2.24) is 14.9 Å². The van der Waals surface area contributed by atoms with Crippen LogP contribution in [0.15, 0.2) is 51.6 Å². The van der Waals surface area contributed by atoms with Gasteiger partial charge in [0.05, 0.1) is 17.3 Å². The first-order valence-corrected chi connectivity index (χ1v) is 10.3. The topological polar surface area (TPSA) is 64.0 Å². The minimum absolute atomic E-state index is 0.0804. The molecule has 0 aliphatic rings. The largest absolute Gasteiger partial charge is 0.350 e. The molecular formula is C17H17N3O2S3. The molecule has 1 unspecified atom stereocenters. The van der Waals surface area contributed by atoms with Gasteiger partial charge < -0.3 is 5.32 Å². The highest BCUT2D eigenvalue weighted by molar-refractivity contribution is 8.00. The number of aromatic nitrogens is 2. The quantitative estimate of drug-likeness (QED) is 0.380. The molecule has 25 heavy (non-hydrogen) atoms. The van der Waals surface area contributed by atoms with E-state index in [4.69, 9.17) is 0 Å². The van der Waals surface area contributed by atoms with E-state index in [-0.39, 0.29) is 16.7 Å². The van der Waals surface area contributed by atoms with Crippen LogP contribution in [0.3, 0.4) is 0 Å². The number of rotatable bonds is 7. The van der Waals surface area contributed by atoms with Crippen LogP contribution in [0.5, 0.6) is 0 Å². The van der Waals surface area contributed by atoms with Crippen LogP contribution in [-0.4, -0.2) is 20.7 Å². The van der Waals surface area contributed by atoms with Crippen LogP contribution in [0.1, 0.15) is 11.8 Å². The van der Waals surface area contributed by atoms with E-state index in [2.05, 4.69) is 16.9 Å². The Hall–Kier alpha value is -1.90. The summed E-state index contributed by atoms with van der Waals surface area (Å²) in [6, 6.07) is 5.76. The van der Waals surface area contributed by atoms with Gasteiger partial charge in [-0.15, -0.1) is 29.3 Å². The van der Waals surface area contributed by atoms with Gasteiger partial charge in [0.15, 0.2) is 5.16 Å². The molecule has 0 aromatic carbocycles. The standard InChI is InChI=1S/C17H17N3O2S3/c1-3-7-20-16(22)14-13(6-9-24-14)19-17(20)25-11(2)15(21)18-10-12-5-4-8-23-12/h3-6,8-9,11H,1,7,10H2,2H3,(H,18,21). The minimum atomic E-state index is -0.362. The number of carbonyl (C=O) groups is 1.